The molecule has 2 aromatic heterocycles. The number of benzene rings is 1. The number of aromatic nitrogens is 1. The van der Waals surface area contributed by atoms with E-state index in [1.807, 2.05) is 25.3 Å². The third-order valence-electron chi connectivity index (χ3n) is 4.15. The van der Waals surface area contributed by atoms with Gasteiger partial charge in [-0.1, -0.05) is 0 Å². The molecule has 0 unspecified atom stereocenters. The summed E-state index contributed by atoms with van der Waals surface area (Å²) in [7, 11) is -2.47. The maximum Gasteiger partial charge on any atom is 0.257 e. The molecule has 0 radical (unpaired) electrons. The quantitative estimate of drug-likeness (QED) is 0.565. The Balaban J connectivity index is 1.86. The third-order valence-corrected chi connectivity index (χ3v) is 6.59. The first-order valence-corrected chi connectivity index (χ1v) is 11.5. The number of nitrogens with one attached hydrogen (secondary N) is 2. The summed E-state index contributed by atoms with van der Waals surface area (Å²) in [5.74, 6) is 1.21. The van der Waals surface area contributed by atoms with Crippen molar-refractivity contribution in [2.24, 2.45) is 0 Å². The van der Waals surface area contributed by atoms with Gasteiger partial charge in [0, 0.05) is 22.5 Å². The van der Waals surface area contributed by atoms with E-state index in [1.165, 1.54) is 36.6 Å². The van der Waals surface area contributed by atoms with E-state index in [2.05, 4.69) is 15.0 Å². The van der Waals surface area contributed by atoms with Crippen molar-refractivity contribution in [3.63, 3.8) is 0 Å². The molecule has 0 saturated heterocycles. The zero-order valence-electron chi connectivity index (χ0n) is 17.3. The van der Waals surface area contributed by atoms with Crippen LogP contribution in [0, 0.1) is 13.8 Å². The van der Waals surface area contributed by atoms with Crippen molar-refractivity contribution in [2.75, 3.05) is 12.4 Å². The van der Waals surface area contributed by atoms with Crippen molar-refractivity contribution in [3.8, 4) is 17.0 Å². The summed E-state index contributed by atoms with van der Waals surface area (Å²) in [4.78, 5) is 17.0. The van der Waals surface area contributed by atoms with Crippen molar-refractivity contribution in [2.45, 2.75) is 38.6 Å². The molecule has 30 heavy (non-hydrogen) atoms. The maximum absolute atomic E-state index is 12.7. The largest absolute Gasteiger partial charge is 0.495 e. The first-order chi connectivity index (χ1) is 14.1. The Morgan fingerprint density at radius 2 is 1.97 bits per heavy atom. The Labute approximate surface area is 179 Å². The van der Waals surface area contributed by atoms with Gasteiger partial charge in [0.05, 0.1) is 12.8 Å². The highest BCUT2D eigenvalue weighted by Crippen LogP contribution is 2.30. The number of sulfonamides is 1. The van der Waals surface area contributed by atoms with Gasteiger partial charge in [-0.25, -0.2) is 18.1 Å². The summed E-state index contributed by atoms with van der Waals surface area (Å²) < 4.78 is 38.4. The van der Waals surface area contributed by atoms with E-state index in [0.29, 0.717) is 10.8 Å². The number of rotatable bonds is 7. The summed E-state index contributed by atoms with van der Waals surface area (Å²) in [5.41, 5.74) is 1.73. The number of carbonyl (C=O) groups is 1. The fourth-order valence-electron chi connectivity index (χ4n) is 2.91. The van der Waals surface area contributed by atoms with Gasteiger partial charge in [0.2, 0.25) is 10.0 Å². The normalized spacial score (nSPS) is 11.7. The molecule has 0 fully saturated rings. The predicted molar refractivity (Wildman–Crippen MR) is 116 cm³/mol. The van der Waals surface area contributed by atoms with Gasteiger partial charge in [-0.2, -0.15) is 0 Å². The van der Waals surface area contributed by atoms with Crippen molar-refractivity contribution in [1.29, 1.82) is 0 Å². The van der Waals surface area contributed by atoms with E-state index >= 15 is 0 Å². The molecule has 0 bridgehead atoms. The van der Waals surface area contributed by atoms with Gasteiger partial charge in [0.15, 0.2) is 5.13 Å². The van der Waals surface area contributed by atoms with Gasteiger partial charge in [-0.3, -0.25) is 10.1 Å². The summed E-state index contributed by atoms with van der Waals surface area (Å²) in [5, 5.41) is 4.93. The van der Waals surface area contributed by atoms with Gasteiger partial charge in [0.25, 0.3) is 5.91 Å². The third kappa shape index (κ3) is 4.72. The monoisotopic (exact) mass is 449 g/mol. The van der Waals surface area contributed by atoms with Crippen LogP contribution in [-0.2, 0) is 10.0 Å². The number of thiazole rings is 1. The average molecular weight is 450 g/mol. The van der Waals surface area contributed by atoms with Crippen LogP contribution in [-0.4, -0.2) is 32.5 Å². The lowest BCUT2D eigenvalue weighted by atomic mass is 10.2. The highest BCUT2D eigenvalue weighted by Gasteiger charge is 2.23. The minimum absolute atomic E-state index is 0.101. The van der Waals surface area contributed by atoms with E-state index in [0.717, 1.165) is 17.1 Å². The smallest absolute Gasteiger partial charge is 0.257 e. The van der Waals surface area contributed by atoms with Crippen LogP contribution in [0.3, 0.4) is 0 Å². The minimum Gasteiger partial charge on any atom is -0.495 e. The van der Waals surface area contributed by atoms with E-state index < -0.39 is 15.9 Å². The Hall–Kier alpha value is -2.69. The van der Waals surface area contributed by atoms with Crippen molar-refractivity contribution in [3.05, 3.63) is 46.7 Å². The van der Waals surface area contributed by atoms with Gasteiger partial charge < -0.3 is 9.15 Å². The summed E-state index contributed by atoms with van der Waals surface area (Å²) in [6.07, 6.45) is 0. The number of amides is 1. The van der Waals surface area contributed by atoms with Crippen LogP contribution >= 0.6 is 11.3 Å². The van der Waals surface area contributed by atoms with Crippen LogP contribution in [0.2, 0.25) is 0 Å². The molecule has 0 saturated carbocycles. The summed E-state index contributed by atoms with van der Waals surface area (Å²) in [6.45, 7) is 7.13. The second-order valence-electron chi connectivity index (χ2n) is 6.96. The molecular formula is C20H23N3O5S2. The molecule has 0 aliphatic carbocycles. The van der Waals surface area contributed by atoms with Crippen LogP contribution in [0.25, 0.3) is 11.3 Å². The molecule has 0 aliphatic heterocycles. The molecule has 0 spiro atoms. The SMILES string of the molecule is COc1ccc(C(=O)Nc2nc(-c3cc(C)oc3C)cs2)cc1S(=O)(=O)NC(C)C. The first-order valence-electron chi connectivity index (χ1n) is 9.15. The fourth-order valence-corrected chi connectivity index (χ4v) is 5.06. The second-order valence-corrected chi connectivity index (χ2v) is 9.50. The van der Waals surface area contributed by atoms with Crippen molar-refractivity contribution < 1.29 is 22.4 Å². The zero-order chi connectivity index (χ0) is 22.1. The Morgan fingerprint density at radius 1 is 1.23 bits per heavy atom. The number of ether oxygens (including phenoxy) is 1. The Kier molecular flexibility index (Phi) is 6.30. The van der Waals surface area contributed by atoms with Crippen LogP contribution in [0.4, 0.5) is 5.13 Å². The number of carbonyl (C=O) groups excluding carboxylic acids is 1. The highest BCUT2D eigenvalue weighted by atomic mass is 32.2. The lowest BCUT2D eigenvalue weighted by Crippen LogP contribution is -2.30. The van der Waals surface area contributed by atoms with Gasteiger partial charge in [-0.15, -0.1) is 11.3 Å². The molecule has 3 rings (SSSR count). The van der Waals surface area contributed by atoms with Crippen LogP contribution in [0.5, 0.6) is 5.75 Å². The van der Waals surface area contributed by atoms with Crippen LogP contribution in [0.1, 0.15) is 35.7 Å². The Bertz CT molecular complexity index is 1180. The highest BCUT2D eigenvalue weighted by molar-refractivity contribution is 7.89. The van der Waals surface area contributed by atoms with E-state index in [4.69, 9.17) is 9.15 Å². The number of hydrogen-bond donors (Lipinski definition) is 2. The molecule has 0 atom stereocenters. The lowest BCUT2D eigenvalue weighted by molar-refractivity contribution is 0.102. The van der Waals surface area contributed by atoms with Gasteiger partial charge in [0.1, 0.15) is 22.2 Å². The first kappa shape index (κ1) is 22.0. The number of methoxy groups -OCH3 is 1. The van der Waals surface area contributed by atoms with E-state index in [1.54, 1.807) is 13.8 Å². The Morgan fingerprint density at radius 3 is 2.57 bits per heavy atom. The molecular weight excluding hydrogens is 426 g/mol. The number of hydrogen-bond acceptors (Lipinski definition) is 7. The average Bonchev–Trinajstić information content (AvgIpc) is 3.25. The molecule has 8 nitrogen and oxygen atoms in total. The van der Waals surface area contributed by atoms with Crippen LogP contribution in [0.15, 0.2) is 39.0 Å². The lowest BCUT2D eigenvalue weighted by Gasteiger charge is -2.14. The van der Waals surface area contributed by atoms with Gasteiger partial charge in [-0.05, 0) is 52.0 Å². The van der Waals surface area contributed by atoms with E-state index in [-0.39, 0.29) is 22.3 Å². The molecule has 1 aromatic carbocycles. The number of furan rings is 1. The molecule has 2 N–H and O–H groups in total. The molecule has 10 heteroatoms. The summed E-state index contributed by atoms with van der Waals surface area (Å²) >= 11 is 1.27. The topological polar surface area (TPSA) is 111 Å². The van der Waals surface area contributed by atoms with Crippen molar-refractivity contribution in [1.82, 2.24) is 9.71 Å². The fraction of sp³-hybridized carbons (Fsp3) is 0.300. The standard InChI is InChI=1S/C20H23N3O5S2/c1-11(2)23-30(25,26)18-9-14(6-7-17(18)27-5)19(24)22-20-21-16(10-29-20)15-8-12(3)28-13(15)4/h6-11,23H,1-5H3,(H,21,22,24). The summed E-state index contributed by atoms with van der Waals surface area (Å²) in [6, 6.07) is 5.82. The molecule has 0 aliphatic rings. The molecule has 160 valence electrons. The predicted octanol–water partition coefficient (Wildman–Crippen LogP) is 3.97. The van der Waals surface area contributed by atoms with E-state index in [9.17, 15) is 13.2 Å². The molecule has 2 heterocycles. The molecule has 1 amide bonds. The second kappa shape index (κ2) is 8.58. The minimum atomic E-state index is -3.84. The van der Waals surface area contributed by atoms with Crippen molar-refractivity contribution >= 4 is 32.4 Å². The number of anilines is 1. The van der Waals surface area contributed by atoms with Gasteiger partial charge >= 0.3 is 0 Å². The maximum atomic E-state index is 12.7. The van der Waals surface area contributed by atoms with Crippen LogP contribution < -0.4 is 14.8 Å². The zero-order valence-corrected chi connectivity index (χ0v) is 18.9. The number of aryl methyl sites for hydroxylation is 2. The number of nitrogens with zero attached hydrogens (tertiary/aromatic N) is 1. The molecule has 3 aromatic rings.